The molecule has 2 heterocycles. The zero-order valence-electron chi connectivity index (χ0n) is 18.7. The molecule has 0 aromatic heterocycles. The quantitative estimate of drug-likeness (QED) is 0.589. The number of carbonyl (C=O) groups is 2. The number of nitrogens with zero attached hydrogens (tertiary/aromatic N) is 2. The normalized spacial score (nSPS) is 23.6. The van der Waals surface area contributed by atoms with Crippen molar-refractivity contribution in [2.24, 2.45) is 5.92 Å². The van der Waals surface area contributed by atoms with E-state index in [2.05, 4.69) is 11.8 Å². The van der Waals surface area contributed by atoms with Crippen LogP contribution in [0.2, 0.25) is 0 Å². The molecular weight excluding hydrogens is 403 g/mol. The number of Topliss-reactive ketones (excluding diaryl/α,β-unsaturated/α-hetero) is 1. The number of amides is 1. The van der Waals surface area contributed by atoms with Crippen LogP contribution in [0.15, 0.2) is 42.5 Å². The van der Waals surface area contributed by atoms with Gasteiger partial charge in [-0.1, -0.05) is 30.3 Å². The fourth-order valence-electron chi connectivity index (χ4n) is 5.26. The zero-order chi connectivity index (χ0) is 22.2. The van der Waals surface area contributed by atoms with E-state index in [9.17, 15) is 9.59 Å². The Morgan fingerprint density at radius 1 is 0.938 bits per heavy atom. The molecule has 2 aromatic carbocycles. The maximum absolute atomic E-state index is 15.0. The second-order valence-electron chi connectivity index (χ2n) is 9.69. The van der Waals surface area contributed by atoms with Gasteiger partial charge in [0, 0.05) is 36.7 Å². The van der Waals surface area contributed by atoms with E-state index in [-0.39, 0.29) is 29.2 Å². The van der Waals surface area contributed by atoms with Crippen LogP contribution < -0.4 is 0 Å². The molecule has 3 fully saturated rings. The Bertz CT molecular complexity index is 1010. The van der Waals surface area contributed by atoms with Crippen LogP contribution in [0, 0.1) is 11.7 Å². The van der Waals surface area contributed by atoms with E-state index in [1.54, 1.807) is 6.07 Å². The number of benzene rings is 2. The summed E-state index contributed by atoms with van der Waals surface area (Å²) in [6, 6.07) is 13.0. The third-order valence-electron chi connectivity index (χ3n) is 7.42. The Balaban J connectivity index is 1.30. The number of likely N-dealkylation sites (tertiary alicyclic amines) is 2. The number of ketones is 1. The summed E-state index contributed by atoms with van der Waals surface area (Å²) in [5.74, 6) is -0.293. The molecule has 2 aliphatic heterocycles. The summed E-state index contributed by atoms with van der Waals surface area (Å²) < 4.78 is 15.0. The minimum absolute atomic E-state index is 0.149. The van der Waals surface area contributed by atoms with Crippen LogP contribution in [0.5, 0.6) is 0 Å². The van der Waals surface area contributed by atoms with Crippen LogP contribution in [0.1, 0.15) is 66.2 Å². The van der Waals surface area contributed by atoms with Gasteiger partial charge in [-0.15, -0.1) is 0 Å². The van der Waals surface area contributed by atoms with Crippen molar-refractivity contribution < 1.29 is 14.0 Å². The highest BCUT2D eigenvalue weighted by Crippen LogP contribution is 2.33. The van der Waals surface area contributed by atoms with Crippen molar-refractivity contribution in [2.45, 2.75) is 57.5 Å². The van der Waals surface area contributed by atoms with Gasteiger partial charge in [-0.3, -0.25) is 14.5 Å². The predicted molar refractivity (Wildman–Crippen MR) is 123 cm³/mol. The minimum Gasteiger partial charge on any atom is -0.334 e. The van der Waals surface area contributed by atoms with Crippen LogP contribution >= 0.6 is 0 Å². The summed E-state index contributed by atoms with van der Waals surface area (Å²) in [7, 11) is 0. The Labute approximate surface area is 189 Å². The van der Waals surface area contributed by atoms with Crippen molar-refractivity contribution >= 4 is 11.7 Å². The molecule has 0 unspecified atom stereocenters. The topological polar surface area (TPSA) is 40.6 Å². The summed E-state index contributed by atoms with van der Waals surface area (Å²) in [5.41, 5.74) is 2.43. The molecule has 5 heteroatoms. The van der Waals surface area contributed by atoms with E-state index in [4.69, 9.17) is 0 Å². The summed E-state index contributed by atoms with van der Waals surface area (Å²) in [6.07, 6.45) is 6.36. The van der Waals surface area contributed by atoms with Crippen LogP contribution in [-0.2, 0) is 0 Å². The van der Waals surface area contributed by atoms with E-state index in [1.165, 1.54) is 18.9 Å². The molecule has 1 amide bonds. The highest BCUT2D eigenvalue weighted by molar-refractivity contribution is 5.99. The van der Waals surface area contributed by atoms with Crippen molar-refractivity contribution in [1.82, 2.24) is 9.80 Å². The van der Waals surface area contributed by atoms with Gasteiger partial charge in [-0.2, -0.15) is 0 Å². The average Bonchev–Trinajstić information content (AvgIpc) is 3.43. The van der Waals surface area contributed by atoms with Crippen LogP contribution in [0.25, 0.3) is 11.1 Å². The molecule has 1 aliphatic carbocycles. The average molecular weight is 435 g/mol. The number of hydrogen-bond acceptors (Lipinski definition) is 3. The highest BCUT2D eigenvalue weighted by atomic mass is 19.1. The van der Waals surface area contributed by atoms with Gasteiger partial charge in [0.1, 0.15) is 5.82 Å². The zero-order valence-corrected chi connectivity index (χ0v) is 18.7. The lowest BCUT2D eigenvalue weighted by molar-refractivity contribution is 0.0692. The third-order valence-corrected chi connectivity index (χ3v) is 7.42. The lowest BCUT2D eigenvalue weighted by atomic mass is 9.99. The molecule has 2 atom stereocenters. The second-order valence-corrected chi connectivity index (χ2v) is 9.69. The maximum atomic E-state index is 15.0. The van der Waals surface area contributed by atoms with Gasteiger partial charge in [-0.05, 0) is 75.3 Å². The number of rotatable bonds is 6. The third kappa shape index (κ3) is 4.23. The van der Waals surface area contributed by atoms with E-state index < -0.39 is 5.82 Å². The van der Waals surface area contributed by atoms with Crippen molar-refractivity contribution in [3.8, 4) is 11.1 Å². The molecule has 5 rings (SSSR count). The first-order valence-corrected chi connectivity index (χ1v) is 12.0. The molecule has 1 saturated carbocycles. The number of hydrogen-bond donors (Lipinski definition) is 0. The molecule has 4 nitrogen and oxygen atoms in total. The first-order chi connectivity index (χ1) is 15.5. The molecule has 2 saturated heterocycles. The van der Waals surface area contributed by atoms with Crippen LogP contribution in [0.4, 0.5) is 4.39 Å². The summed E-state index contributed by atoms with van der Waals surface area (Å²) in [5, 5.41) is 0. The van der Waals surface area contributed by atoms with E-state index in [0.29, 0.717) is 18.2 Å². The van der Waals surface area contributed by atoms with Crippen molar-refractivity contribution in [2.75, 3.05) is 19.6 Å². The molecule has 0 radical (unpaired) electrons. The van der Waals surface area contributed by atoms with Crippen molar-refractivity contribution in [1.29, 1.82) is 0 Å². The van der Waals surface area contributed by atoms with E-state index in [0.717, 1.165) is 49.9 Å². The lowest BCUT2D eigenvalue weighted by Gasteiger charge is -2.31. The summed E-state index contributed by atoms with van der Waals surface area (Å²) in [4.78, 5) is 29.7. The molecule has 32 heavy (non-hydrogen) atoms. The molecule has 168 valence electrons. The number of carbonyl (C=O) groups excluding carboxylic acids is 2. The molecule has 0 N–H and O–H groups in total. The molecule has 0 spiro atoms. The molecular formula is C27H31FN2O2. The molecule has 0 bridgehead atoms. The second kappa shape index (κ2) is 8.78. The van der Waals surface area contributed by atoms with Crippen molar-refractivity contribution in [3.05, 3.63) is 59.4 Å². The standard InChI is InChI=1S/C27H31FN2O2/c1-18-4-2-14-29(18)17-23-5-3-15-30(23)27(32)24-13-12-22(16-25(24)28)19-6-8-20(9-7-19)26(31)21-10-11-21/h6-9,12-13,16,18,21,23H,2-5,10-11,14-15,17H2,1H3/t18-,23+/m1/s1. The van der Waals surface area contributed by atoms with Crippen LogP contribution in [0.3, 0.4) is 0 Å². The minimum atomic E-state index is -0.481. The Morgan fingerprint density at radius 2 is 1.66 bits per heavy atom. The van der Waals surface area contributed by atoms with Gasteiger partial charge >= 0.3 is 0 Å². The summed E-state index contributed by atoms with van der Waals surface area (Å²) >= 11 is 0. The molecule has 3 aliphatic rings. The Hall–Kier alpha value is -2.53. The first-order valence-electron chi connectivity index (χ1n) is 12.0. The lowest BCUT2D eigenvalue weighted by Crippen LogP contribution is -2.44. The fraction of sp³-hybridized carbons (Fsp3) is 0.481. The maximum Gasteiger partial charge on any atom is 0.257 e. The Kier molecular flexibility index (Phi) is 5.85. The van der Waals surface area contributed by atoms with Gasteiger partial charge in [0.25, 0.3) is 5.91 Å². The van der Waals surface area contributed by atoms with Gasteiger partial charge in [0.05, 0.1) is 5.56 Å². The van der Waals surface area contributed by atoms with Crippen molar-refractivity contribution in [3.63, 3.8) is 0 Å². The van der Waals surface area contributed by atoms with Gasteiger partial charge in [0.15, 0.2) is 5.78 Å². The van der Waals surface area contributed by atoms with Gasteiger partial charge < -0.3 is 4.90 Å². The number of halogens is 1. The van der Waals surface area contributed by atoms with E-state index in [1.807, 2.05) is 35.2 Å². The SMILES string of the molecule is C[C@@H]1CCCN1C[C@@H]1CCCN1C(=O)c1ccc(-c2ccc(C(=O)C3CC3)cc2)cc1F. The smallest absolute Gasteiger partial charge is 0.257 e. The monoisotopic (exact) mass is 434 g/mol. The first kappa shape index (κ1) is 21.3. The van der Waals surface area contributed by atoms with Gasteiger partial charge in [-0.25, -0.2) is 4.39 Å². The van der Waals surface area contributed by atoms with Gasteiger partial charge in [0.2, 0.25) is 0 Å². The highest BCUT2D eigenvalue weighted by Gasteiger charge is 2.34. The fourth-order valence-corrected chi connectivity index (χ4v) is 5.26. The largest absolute Gasteiger partial charge is 0.334 e. The van der Waals surface area contributed by atoms with E-state index >= 15 is 4.39 Å². The predicted octanol–water partition coefficient (Wildman–Crippen LogP) is 5.17. The Morgan fingerprint density at radius 3 is 2.31 bits per heavy atom. The summed E-state index contributed by atoms with van der Waals surface area (Å²) in [6.45, 7) is 4.93. The van der Waals surface area contributed by atoms with Crippen LogP contribution in [-0.4, -0.2) is 53.2 Å². The molecule has 2 aromatic rings.